The Kier molecular flexibility index (Phi) is 3.90. The Bertz CT molecular complexity index is 467. The molecule has 4 heteroatoms. The predicted molar refractivity (Wildman–Crippen MR) is 67.5 cm³/mol. The Morgan fingerprint density at radius 2 is 2.00 bits per heavy atom. The minimum atomic E-state index is -0.712. The average Bonchev–Trinajstić information content (AvgIpc) is 2.89. The van der Waals surface area contributed by atoms with Gasteiger partial charge in [0.25, 0.3) is 0 Å². The smallest absolute Gasteiger partial charge is 0.327 e. The molecule has 0 radical (unpaired) electrons. The fraction of sp³-hybridized carbons (Fsp3) is 0.154. The zero-order chi connectivity index (χ0) is 12.1. The normalized spacial score (nSPS) is 12.1. The molecule has 0 spiro atoms. The third-order valence-corrected chi connectivity index (χ3v) is 3.20. The lowest BCUT2D eigenvalue weighted by Crippen LogP contribution is -2.23. The van der Waals surface area contributed by atoms with Gasteiger partial charge in [0.15, 0.2) is 0 Å². The van der Waals surface area contributed by atoms with Crippen LogP contribution in [0.4, 0.5) is 0 Å². The molecule has 1 unspecified atom stereocenters. The van der Waals surface area contributed by atoms with E-state index in [0.29, 0.717) is 0 Å². The van der Waals surface area contributed by atoms with Crippen molar-refractivity contribution in [2.45, 2.75) is 12.6 Å². The number of benzene rings is 1. The van der Waals surface area contributed by atoms with E-state index in [-0.39, 0.29) is 6.61 Å². The molecule has 0 saturated heterocycles. The van der Waals surface area contributed by atoms with Gasteiger partial charge in [-0.3, -0.25) is 0 Å². The Morgan fingerprint density at radius 1 is 1.24 bits per heavy atom. The summed E-state index contributed by atoms with van der Waals surface area (Å²) in [4.78, 5) is 12.7. The highest BCUT2D eigenvalue weighted by molar-refractivity contribution is 7.09. The Morgan fingerprint density at radius 3 is 2.65 bits per heavy atom. The first kappa shape index (κ1) is 11.8. The van der Waals surface area contributed by atoms with Crippen LogP contribution in [0, 0.1) is 0 Å². The number of hydrogen-bond donors (Lipinski definition) is 1. The Hall–Kier alpha value is -1.65. The highest BCUT2D eigenvalue weighted by Crippen LogP contribution is 2.14. The molecule has 88 valence electrons. The molecule has 0 saturated carbocycles. The van der Waals surface area contributed by atoms with E-state index in [9.17, 15) is 4.79 Å². The van der Waals surface area contributed by atoms with E-state index in [1.165, 1.54) is 0 Å². The second kappa shape index (κ2) is 5.61. The van der Waals surface area contributed by atoms with Gasteiger partial charge in [0.2, 0.25) is 0 Å². The maximum absolute atomic E-state index is 11.7. The van der Waals surface area contributed by atoms with Gasteiger partial charge in [-0.05, 0) is 17.0 Å². The van der Waals surface area contributed by atoms with E-state index in [2.05, 4.69) is 0 Å². The fourth-order valence-corrected chi connectivity index (χ4v) is 2.04. The molecule has 2 aromatic rings. The maximum atomic E-state index is 11.7. The summed E-state index contributed by atoms with van der Waals surface area (Å²) in [6.45, 7) is 0.289. The number of thiophene rings is 1. The van der Waals surface area contributed by atoms with Crippen LogP contribution in [0.5, 0.6) is 0 Å². The summed E-state index contributed by atoms with van der Waals surface area (Å²) in [5.74, 6) is -0.399. The van der Waals surface area contributed by atoms with E-state index in [0.717, 1.165) is 10.4 Å². The number of carbonyl (C=O) groups excluding carboxylic acids is 1. The SMILES string of the molecule is NC(C(=O)OCc1cccs1)c1ccccc1. The minimum absolute atomic E-state index is 0.289. The number of esters is 1. The standard InChI is InChI=1S/C13H13NO2S/c14-12(10-5-2-1-3-6-10)13(15)16-9-11-7-4-8-17-11/h1-8,12H,9,14H2. The topological polar surface area (TPSA) is 52.3 Å². The van der Waals surface area contributed by atoms with Crippen LogP contribution >= 0.6 is 11.3 Å². The zero-order valence-corrected chi connectivity index (χ0v) is 10.0. The quantitative estimate of drug-likeness (QED) is 0.844. The molecule has 0 aliphatic heterocycles. The number of rotatable bonds is 4. The molecule has 0 aliphatic carbocycles. The maximum Gasteiger partial charge on any atom is 0.327 e. The first-order chi connectivity index (χ1) is 8.27. The molecule has 1 aromatic carbocycles. The predicted octanol–water partition coefficient (Wildman–Crippen LogP) is 2.49. The van der Waals surface area contributed by atoms with Crippen molar-refractivity contribution in [2.75, 3.05) is 0 Å². The fourth-order valence-electron chi connectivity index (χ4n) is 1.42. The summed E-state index contributed by atoms with van der Waals surface area (Å²) in [6, 6.07) is 12.3. The first-order valence-corrected chi connectivity index (χ1v) is 6.15. The summed E-state index contributed by atoms with van der Waals surface area (Å²) in [5.41, 5.74) is 6.57. The van der Waals surface area contributed by atoms with Crippen molar-refractivity contribution in [3.05, 3.63) is 58.3 Å². The van der Waals surface area contributed by atoms with Crippen LogP contribution in [0.25, 0.3) is 0 Å². The van der Waals surface area contributed by atoms with Crippen molar-refractivity contribution in [3.63, 3.8) is 0 Å². The molecule has 17 heavy (non-hydrogen) atoms. The lowest BCUT2D eigenvalue weighted by molar-refractivity contribution is -0.146. The molecule has 3 nitrogen and oxygen atoms in total. The third-order valence-electron chi connectivity index (χ3n) is 2.35. The molecular weight excluding hydrogens is 234 g/mol. The van der Waals surface area contributed by atoms with Gasteiger partial charge in [-0.1, -0.05) is 36.4 Å². The van der Waals surface area contributed by atoms with Crippen LogP contribution in [-0.4, -0.2) is 5.97 Å². The lowest BCUT2D eigenvalue weighted by atomic mass is 10.1. The lowest BCUT2D eigenvalue weighted by Gasteiger charge is -2.10. The number of nitrogens with two attached hydrogens (primary N) is 1. The largest absolute Gasteiger partial charge is 0.459 e. The van der Waals surface area contributed by atoms with Crippen molar-refractivity contribution in [3.8, 4) is 0 Å². The summed E-state index contributed by atoms with van der Waals surface area (Å²) >= 11 is 1.55. The van der Waals surface area contributed by atoms with Gasteiger partial charge in [-0.2, -0.15) is 0 Å². The Balaban J connectivity index is 1.92. The van der Waals surface area contributed by atoms with E-state index >= 15 is 0 Å². The van der Waals surface area contributed by atoms with Crippen molar-refractivity contribution >= 4 is 17.3 Å². The molecule has 0 aliphatic rings. The summed E-state index contributed by atoms with van der Waals surface area (Å²) < 4.78 is 5.15. The third kappa shape index (κ3) is 3.15. The van der Waals surface area contributed by atoms with Crippen molar-refractivity contribution in [1.82, 2.24) is 0 Å². The van der Waals surface area contributed by atoms with E-state index < -0.39 is 12.0 Å². The number of ether oxygens (including phenoxy) is 1. The number of carbonyl (C=O) groups is 1. The van der Waals surface area contributed by atoms with Crippen LogP contribution in [0.3, 0.4) is 0 Å². The van der Waals surface area contributed by atoms with Crippen molar-refractivity contribution < 1.29 is 9.53 Å². The van der Waals surface area contributed by atoms with Crippen LogP contribution in [0.1, 0.15) is 16.5 Å². The van der Waals surface area contributed by atoms with Gasteiger partial charge in [0, 0.05) is 4.88 Å². The molecule has 1 aromatic heterocycles. The van der Waals surface area contributed by atoms with Gasteiger partial charge in [0.1, 0.15) is 12.6 Å². The highest BCUT2D eigenvalue weighted by atomic mass is 32.1. The van der Waals surface area contributed by atoms with Crippen molar-refractivity contribution in [2.24, 2.45) is 5.73 Å². The molecule has 1 atom stereocenters. The van der Waals surface area contributed by atoms with Crippen LogP contribution in [-0.2, 0) is 16.1 Å². The van der Waals surface area contributed by atoms with Gasteiger partial charge < -0.3 is 10.5 Å². The molecule has 1 heterocycles. The van der Waals surface area contributed by atoms with E-state index in [1.54, 1.807) is 11.3 Å². The minimum Gasteiger partial charge on any atom is -0.459 e. The monoisotopic (exact) mass is 247 g/mol. The van der Waals surface area contributed by atoms with Gasteiger partial charge in [-0.25, -0.2) is 4.79 Å². The van der Waals surface area contributed by atoms with E-state index in [4.69, 9.17) is 10.5 Å². The van der Waals surface area contributed by atoms with Gasteiger partial charge >= 0.3 is 5.97 Å². The second-order valence-corrected chi connectivity index (χ2v) is 4.61. The first-order valence-electron chi connectivity index (χ1n) is 5.27. The molecule has 2 rings (SSSR count). The van der Waals surface area contributed by atoms with E-state index in [1.807, 2.05) is 47.8 Å². The van der Waals surface area contributed by atoms with Crippen LogP contribution in [0.2, 0.25) is 0 Å². The zero-order valence-electron chi connectivity index (χ0n) is 9.21. The Labute approximate surface area is 104 Å². The number of hydrogen-bond acceptors (Lipinski definition) is 4. The van der Waals surface area contributed by atoms with Crippen LogP contribution in [0.15, 0.2) is 47.8 Å². The van der Waals surface area contributed by atoms with Gasteiger partial charge in [0.05, 0.1) is 0 Å². The highest BCUT2D eigenvalue weighted by Gasteiger charge is 2.16. The average molecular weight is 247 g/mol. The molecule has 0 fully saturated rings. The molecule has 2 N–H and O–H groups in total. The van der Waals surface area contributed by atoms with Crippen molar-refractivity contribution in [1.29, 1.82) is 0 Å². The van der Waals surface area contributed by atoms with Gasteiger partial charge in [-0.15, -0.1) is 11.3 Å². The molecular formula is C13H13NO2S. The summed E-state index contributed by atoms with van der Waals surface area (Å²) in [6.07, 6.45) is 0. The second-order valence-electron chi connectivity index (χ2n) is 3.58. The summed E-state index contributed by atoms with van der Waals surface area (Å²) in [5, 5.41) is 1.94. The molecule has 0 bridgehead atoms. The van der Waals surface area contributed by atoms with Crippen LogP contribution < -0.4 is 5.73 Å². The molecule has 0 amide bonds. The summed E-state index contributed by atoms with van der Waals surface area (Å²) in [7, 11) is 0.